The van der Waals surface area contributed by atoms with Gasteiger partial charge < -0.3 is 5.32 Å². The molecular formula is C26H25FN2O3. The molecule has 1 aliphatic heterocycles. The molecule has 1 aliphatic rings. The van der Waals surface area contributed by atoms with Crippen LogP contribution in [0.25, 0.3) is 0 Å². The fourth-order valence-corrected chi connectivity index (χ4v) is 3.82. The standard InChI is InChI=1S/C26H25FN2O3/c1-26(2)25(31)29(32-17-18-8-4-3-5-9-18)23(21-10-6-7-11-22(21)28-26)16-24(30)19-12-14-20(27)15-13-19/h3-15,23,28H,16-17H2,1-2H3/t23-/m1/s1. The van der Waals surface area contributed by atoms with E-state index in [4.69, 9.17) is 4.84 Å². The minimum Gasteiger partial charge on any atom is -0.371 e. The number of hydroxylamine groups is 2. The molecule has 1 heterocycles. The van der Waals surface area contributed by atoms with Crippen molar-refractivity contribution < 1.29 is 18.8 Å². The summed E-state index contributed by atoms with van der Waals surface area (Å²) in [5.74, 6) is -0.887. The van der Waals surface area contributed by atoms with Crippen LogP contribution in [-0.4, -0.2) is 22.3 Å². The third-order valence-electron chi connectivity index (χ3n) is 5.54. The average molecular weight is 432 g/mol. The number of amides is 1. The summed E-state index contributed by atoms with van der Waals surface area (Å²) in [5.41, 5.74) is 1.91. The Morgan fingerprint density at radius 2 is 1.66 bits per heavy atom. The fourth-order valence-electron chi connectivity index (χ4n) is 3.82. The summed E-state index contributed by atoms with van der Waals surface area (Å²) in [6.45, 7) is 3.76. The lowest BCUT2D eigenvalue weighted by molar-refractivity contribution is -0.209. The smallest absolute Gasteiger partial charge is 0.271 e. The maximum absolute atomic E-state index is 13.5. The highest BCUT2D eigenvalue weighted by atomic mass is 19.1. The lowest BCUT2D eigenvalue weighted by atomic mass is 9.96. The van der Waals surface area contributed by atoms with Gasteiger partial charge in [0.2, 0.25) is 0 Å². The molecule has 164 valence electrons. The maximum Gasteiger partial charge on any atom is 0.271 e. The molecule has 4 rings (SSSR count). The Labute approximate surface area is 186 Å². The number of nitrogens with one attached hydrogen (secondary N) is 1. The minimum absolute atomic E-state index is 0.000928. The van der Waals surface area contributed by atoms with E-state index in [9.17, 15) is 14.0 Å². The summed E-state index contributed by atoms with van der Waals surface area (Å²) >= 11 is 0. The number of nitrogens with zero attached hydrogens (tertiary/aromatic N) is 1. The highest BCUT2D eigenvalue weighted by Gasteiger charge is 2.42. The summed E-state index contributed by atoms with van der Waals surface area (Å²) in [4.78, 5) is 32.7. The zero-order valence-electron chi connectivity index (χ0n) is 18.0. The van der Waals surface area contributed by atoms with E-state index in [0.717, 1.165) is 16.8 Å². The second-order valence-electron chi connectivity index (χ2n) is 8.38. The van der Waals surface area contributed by atoms with Gasteiger partial charge in [-0.2, -0.15) is 0 Å². The third kappa shape index (κ3) is 4.55. The topological polar surface area (TPSA) is 58.6 Å². The van der Waals surface area contributed by atoms with Gasteiger partial charge in [-0.3, -0.25) is 14.4 Å². The van der Waals surface area contributed by atoms with Gasteiger partial charge in [0.15, 0.2) is 5.78 Å². The monoisotopic (exact) mass is 432 g/mol. The van der Waals surface area contributed by atoms with Crippen LogP contribution >= 0.6 is 0 Å². The number of Topliss-reactive ketones (excluding diaryl/α,β-unsaturated/α-hetero) is 1. The molecule has 0 saturated heterocycles. The molecule has 1 atom stereocenters. The number of hydrogen-bond acceptors (Lipinski definition) is 4. The van der Waals surface area contributed by atoms with Crippen LogP contribution in [0.3, 0.4) is 0 Å². The van der Waals surface area contributed by atoms with E-state index in [-0.39, 0.29) is 24.7 Å². The zero-order chi connectivity index (χ0) is 22.7. The van der Waals surface area contributed by atoms with Gasteiger partial charge in [0.1, 0.15) is 18.0 Å². The van der Waals surface area contributed by atoms with Gasteiger partial charge in [-0.05, 0) is 49.7 Å². The van der Waals surface area contributed by atoms with Crippen molar-refractivity contribution in [3.8, 4) is 0 Å². The summed E-state index contributed by atoms with van der Waals surface area (Å²) in [5, 5.41) is 4.62. The molecule has 0 aromatic heterocycles. The number of para-hydroxylation sites is 1. The molecule has 6 heteroatoms. The number of anilines is 1. The predicted molar refractivity (Wildman–Crippen MR) is 120 cm³/mol. The summed E-state index contributed by atoms with van der Waals surface area (Å²) in [6, 6.07) is 21.9. The Morgan fingerprint density at radius 1 is 1.00 bits per heavy atom. The fraction of sp³-hybridized carbons (Fsp3) is 0.231. The Hall–Kier alpha value is -3.51. The maximum atomic E-state index is 13.5. The Morgan fingerprint density at radius 3 is 2.38 bits per heavy atom. The Bertz CT molecular complexity index is 1110. The molecule has 0 bridgehead atoms. The number of fused-ring (bicyclic) bond motifs is 1. The first kappa shape index (κ1) is 21.7. The SMILES string of the molecule is CC1(C)Nc2ccccc2[C@@H](CC(=O)c2ccc(F)cc2)N(OCc2ccccc2)C1=O. The van der Waals surface area contributed by atoms with E-state index in [2.05, 4.69) is 5.32 Å². The van der Waals surface area contributed by atoms with Crippen LogP contribution in [0, 0.1) is 5.82 Å². The van der Waals surface area contributed by atoms with E-state index in [1.54, 1.807) is 13.8 Å². The first-order valence-electron chi connectivity index (χ1n) is 10.5. The van der Waals surface area contributed by atoms with Gasteiger partial charge >= 0.3 is 0 Å². The Kier molecular flexibility index (Phi) is 6.06. The molecule has 3 aromatic carbocycles. The van der Waals surface area contributed by atoms with Crippen molar-refractivity contribution in [2.24, 2.45) is 0 Å². The van der Waals surface area contributed by atoms with Crippen molar-refractivity contribution in [3.05, 3.63) is 101 Å². The first-order valence-corrected chi connectivity index (χ1v) is 10.5. The lowest BCUT2D eigenvalue weighted by Crippen LogP contribution is -2.49. The predicted octanol–water partition coefficient (Wildman–Crippen LogP) is 5.30. The van der Waals surface area contributed by atoms with Gasteiger partial charge in [0, 0.05) is 23.2 Å². The molecule has 0 fully saturated rings. The van der Waals surface area contributed by atoms with E-state index >= 15 is 0 Å². The second-order valence-corrected chi connectivity index (χ2v) is 8.38. The van der Waals surface area contributed by atoms with Crippen LogP contribution in [0.1, 0.15) is 47.8 Å². The van der Waals surface area contributed by atoms with Crippen molar-refractivity contribution in [2.75, 3.05) is 5.32 Å². The number of halogens is 1. The molecule has 0 aliphatic carbocycles. The average Bonchev–Trinajstić information content (AvgIpc) is 2.86. The van der Waals surface area contributed by atoms with E-state index in [1.165, 1.54) is 29.3 Å². The number of benzene rings is 3. The van der Waals surface area contributed by atoms with Crippen LogP contribution in [-0.2, 0) is 16.2 Å². The van der Waals surface area contributed by atoms with E-state index < -0.39 is 17.4 Å². The van der Waals surface area contributed by atoms with Crippen LogP contribution < -0.4 is 5.32 Å². The number of hydrogen-bond donors (Lipinski definition) is 1. The lowest BCUT2D eigenvalue weighted by Gasteiger charge is -2.33. The van der Waals surface area contributed by atoms with Crippen LogP contribution in [0.2, 0.25) is 0 Å². The highest BCUT2D eigenvalue weighted by Crippen LogP contribution is 2.38. The van der Waals surface area contributed by atoms with E-state index in [1.807, 2.05) is 54.6 Å². The summed E-state index contributed by atoms with van der Waals surface area (Å²) in [6.07, 6.45) is 0.000928. The molecule has 0 unspecified atom stereocenters. The van der Waals surface area contributed by atoms with E-state index in [0.29, 0.717) is 5.56 Å². The van der Waals surface area contributed by atoms with Crippen LogP contribution in [0.15, 0.2) is 78.9 Å². The number of ketones is 1. The van der Waals surface area contributed by atoms with Gasteiger partial charge in [0.05, 0.1) is 6.04 Å². The molecule has 32 heavy (non-hydrogen) atoms. The molecule has 1 N–H and O–H groups in total. The third-order valence-corrected chi connectivity index (χ3v) is 5.54. The van der Waals surface area contributed by atoms with Crippen LogP contribution in [0.5, 0.6) is 0 Å². The van der Waals surface area contributed by atoms with Gasteiger partial charge in [0.25, 0.3) is 5.91 Å². The highest BCUT2D eigenvalue weighted by molar-refractivity contribution is 5.97. The van der Waals surface area contributed by atoms with Gasteiger partial charge in [-0.25, -0.2) is 9.45 Å². The molecular weight excluding hydrogens is 407 g/mol. The minimum atomic E-state index is -0.944. The summed E-state index contributed by atoms with van der Waals surface area (Å²) in [7, 11) is 0. The van der Waals surface area contributed by atoms with Gasteiger partial charge in [-0.15, -0.1) is 0 Å². The van der Waals surface area contributed by atoms with Crippen molar-refractivity contribution in [1.82, 2.24) is 5.06 Å². The van der Waals surface area contributed by atoms with Crippen molar-refractivity contribution in [1.29, 1.82) is 0 Å². The molecule has 0 saturated carbocycles. The molecule has 3 aromatic rings. The van der Waals surface area contributed by atoms with Crippen molar-refractivity contribution in [2.45, 2.75) is 38.5 Å². The molecule has 0 radical (unpaired) electrons. The number of carbonyl (C=O) groups excluding carboxylic acids is 2. The Balaban J connectivity index is 1.71. The number of rotatable bonds is 6. The summed E-state index contributed by atoms with van der Waals surface area (Å²) < 4.78 is 13.3. The molecule has 1 amide bonds. The van der Waals surface area contributed by atoms with Crippen molar-refractivity contribution in [3.63, 3.8) is 0 Å². The van der Waals surface area contributed by atoms with Crippen molar-refractivity contribution >= 4 is 17.4 Å². The first-order chi connectivity index (χ1) is 15.3. The molecule has 5 nitrogen and oxygen atoms in total. The van der Waals surface area contributed by atoms with Crippen LogP contribution in [0.4, 0.5) is 10.1 Å². The van der Waals surface area contributed by atoms with Gasteiger partial charge in [-0.1, -0.05) is 48.5 Å². The second kappa shape index (κ2) is 8.93. The zero-order valence-corrected chi connectivity index (χ0v) is 18.0. The number of carbonyl (C=O) groups is 2. The molecule has 0 spiro atoms. The normalized spacial score (nSPS) is 17.3. The quantitative estimate of drug-likeness (QED) is 0.537. The largest absolute Gasteiger partial charge is 0.371 e.